The molecule has 0 aliphatic heterocycles. The van der Waals surface area contributed by atoms with E-state index in [0.29, 0.717) is 22.0 Å². The first-order chi connectivity index (χ1) is 7.69. The predicted molar refractivity (Wildman–Crippen MR) is 67.6 cm³/mol. The minimum Gasteiger partial charge on any atom is -0.495 e. The average molecular weight is 303 g/mol. The molecule has 0 radical (unpaired) electrons. The maximum absolute atomic E-state index is 6.15. The zero-order chi connectivity index (χ0) is 11.7. The number of ether oxygens (including phenoxy) is 2. The van der Waals surface area contributed by atoms with Gasteiger partial charge in [0.2, 0.25) is 0 Å². The minimum atomic E-state index is 0.585. The lowest BCUT2D eigenvalue weighted by Crippen LogP contribution is -1.93. The second-order valence-electron chi connectivity index (χ2n) is 3.11. The molecule has 5 heteroatoms. The summed E-state index contributed by atoms with van der Waals surface area (Å²) in [5.74, 6) is 1.32. The zero-order valence-corrected chi connectivity index (χ0v) is 11.1. The highest BCUT2D eigenvalue weighted by Gasteiger charge is 2.15. The van der Waals surface area contributed by atoms with Gasteiger partial charge in [-0.1, -0.05) is 11.6 Å². The van der Waals surface area contributed by atoms with E-state index in [1.54, 1.807) is 26.5 Å². The third-order valence-corrected chi connectivity index (χ3v) is 3.16. The van der Waals surface area contributed by atoms with Crippen LogP contribution < -0.4 is 9.47 Å². The number of hydrogen-bond donors (Lipinski definition) is 0. The summed E-state index contributed by atoms with van der Waals surface area (Å²) in [6.07, 6.45) is 1.64. The van der Waals surface area contributed by atoms with Crippen molar-refractivity contribution in [2.75, 3.05) is 14.2 Å². The van der Waals surface area contributed by atoms with E-state index in [4.69, 9.17) is 21.1 Å². The molecule has 0 aliphatic rings. The molecule has 0 N–H and O–H groups in total. The van der Waals surface area contributed by atoms with Gasteiger partial charge in [0.05, 0.1) is 29.1 Å². The van der Waals surface area contributed by atoms with Crippen LogP contribution in [-0.2, 0) is 0 Å². The van der Waals surface area contributed by atoms with Gasteiger partial charge in [-0.05, 0) is 22.0 Å². The number of fused-ring (bicyclic) bond motifs is 1. The molecule has 84 valence electrons. The molecule has 0 atom stereocenters. The van der Waals surface area contributed by atoms with Crippen molar-refractivity contribution in [3.8, 4) is 11.5 Å². The average Bonchev–Trinajstić information content (AvgIpc) is 2.29. The molecule has 1 aromatic carbocycles. The van der Waals surface area contributed by atoms with Gasteiger partial charge in [-0.15, -0.1) is 0 Å². The fraction of sp³-hybridized carbons (Fsp3) is 0.182. The maximum atomic E-state index is 6.15. The van der Waals surface area contributed by atoms with Crippen molar-refractivity contribution in [1.29, 1.82) is 0 Å². The highest BCUT2D eigenvalue weighted by Crippen LogP contribution is 2.41. The lowest BCUT2D eigenvalue weighted by atomic mass is 10.2. The predicted octanol–water partition coefficient (Wildman–Crippen LogP) is 3.67. The van der Waals surface area contributed by atoms with Gasteiger partial charge < -0.3 is 9.47 Å². The first-order valence-corrected chi connectivity index (χ1v) is 5.70. The summed E-state index contributed by atoms with van der Waals surface area (Å²) >= 11 is 9.56. The fourth-order valence-corrected chi connectivity index (χ4v) is 2.36. The van der Waals surface area contributed by atoms with Gasteiger partial charge in [-0.25, -0.2) is 0 Å². The van der Waals surface area contributed by atoms with E-state index in [-0.39, 0.29) is 0 Å². The summed E-state index contributed by atoms with van der Waals surface area (Å²) in [5.41, 5.74) is 0.690. The van der Waals surface area contributed by atoms with E-state index in [1.807, 2.05) is 6.07 Å². The summed E-state index contributed by atoms with van der Waals surface area (Å²) in [6, 6.07) is 3.53. The van der Waals surface area contributed by atoms with Gasteiger partial charge in [-0.3, -0.25) is 4.98 Å². The van der Waals surface area contributed by atoms with Crippen LogP contribution >= 0.6 is 27.5 Å². The molecule has 1 aromatic heterocycles. The second-order valence-corrected chi connectivity index (χ2v) is 4.37. The van der Waals surface area contributed by atoms with Crippen molar-refractivity contribution in [1.82, 2.24) is 4.98 Å². The van der Waals surface area contributed by atoms with Crippen LogP contribution in [0, 0.1) is 0 Å². The van der Waals surface area contributed by atoms with E-state index >= 15 is 0 Å². The number of methoxy groups -OCH3 is 2. The fourth-order valence-electron chi connectivity index (χ4n) is 1.56. The van der Waals surface area contributed by atoms with E-state index in [1.165, 1.54) is 0 Å². The van der Waals surface area contributed by atoms with Crippen LogP contribution in [0.1, 0.15) is 0 Å². The Labute approximate surface area is 106 Å². The monoisotopic (exact) mass is 301 g/mol. The lowest BCUT2D eigenvalue weighted by molar-refractivity contribution is 0.407. The molecular formula is C11H9BrClNO2. The summed E-state index contributed by atoms with van der Waals surface area (Å²) in [4.78, 5) is 4.25. The van der Waals surface area contributed by atoms with Gasteiger partial charge in [0.25, 0.3) is 0 Å². The van der Waals surface area contributed by atoms with E-state index < -0.39 is 0 Å². The number of hydrogen-bond acceptors (Lipinski definition) is 3. The Morgan fingerprint density at radius 1 is 1.31 bits per heavy atom. The highest BCUT2D eigenvalue weighted by molar-refractivity contribution is 9.10. The van der Waals surface area contributed by atoms with Crippen molar-refractivity contribution < 1.29 is 9.47 Å². The van der Waals surface area contributed by atoms with Crippen LogP contribution in [0.15, 0.2) is 22.8 Å². The summed E-state index contributed by atoms with van der Waals surface area (Å²) < 4.78 is 11.4. The van der Waals surface area contributed by atoms with Gasteiger partial charge in [0, 0.05) is 12.3 Å². The molecule has 0 fully saturated rings. The highest BCUT2D eigenvalue weighted by atomic mass is 79.9. The van der Waals surface area contributed by atoms with Crippen LogP contribution in [0.2, 0.25) is 5.02 Å². The summed E-state index contributed by atoms with van der Waals surface area (Å²) in [7, 11) is 3.19. The van der Waals surface area contributed by atoms with Crippen LogP contribution in [0.3, 0.4) is 0 Å². The van der Waals surface area contributed by atoms with E-state index in [9.17, 15) is 0 Å². The van der Waals surface area contributed by atoms with Gasteiger partial charge in [0.15, 0.2) is 0 Å². The van der Waals surface area contributed by atoms with Crippen molar-refractivity contribution >= 4 is 38.4 Å². The molecule has 3 nitrogen and oxygen atoms in total. The summed E-state index contributed by atoms with van der Waals surface area (Å²) in [6.45, 7) is 0. The molecule has 16 heavy (non-hydrogen) atoms. The number of pyridine rings is 1. The van der Waals surface area contributed by atoms with E-state index in [0.717, 1.165) is 9.86 Å². The first-order valence-electron chi connectivity index (χ1n) is 4.53. The zero-order valence-electron chi connectivity index (χ0n) is 8.75. The molecule has 0 bridgehead atoms. The largest absolute Gasteiger partial charge is 0.495 e. The minimum absolute atomic E-state index is 0.585. The van der Waals surface area contributed by atoms with Crippen molar-refractivity contribution in [2.24, 2.45) is 0 Å². The topological polar surface area (TPSA) is 31.4 Å². The van der Waals surface area contributed by atoms with Crippen LogP contribution in [0.5, 0.6) is 11.5 Å². The Kier molecular flexibility index (Phi) is 3.21. The first kappa shape index (κ1) is 11.5. The molecule has 0 saturated carbocycles. The number of halogens is 2. The third-order valence-electron chi connectivity index (χ3n) is 2.26. The molecule has 0 unspecified atom stereocenters. The van der Waals surface area contributed by atoms with Crippen molar-refractivity contribution in [3.63, 3.8) is 0 Å². The number of rotatable bonds is 2. The van der Waals surface area contributed by atoms with Crippen LogP contribution in [0.25, 0.3) is 10.9 Å². The normalized spacial score (nSPS) is 10.5. The van der Waals surface area contributed by atoms with E-state index in [2.05, 4.69) is 20.9 Å². The molecule has 0 saturated heterocycles. The van der Waals surface area contributed by atoms with Crippen LogP contribution in [-0.4, -0.2) is 19.2 Å². The molecule has 2 aromatic rings. The molecule has 0 aliphatic carbocycles. The molecule has 2 rings (SSSR count). The third kappa shape index (κ3) is 1.72. The SMILES string of the molecule is COc1cc(Br)c(OC)c2c(Cl)ccnc12. The quantitative estimate of drug-likeness (QED) is 0.848. The molecule has 0 amide bonds. The maximum Gasteiger partial charge on any atom is 0.146 e. The lowest BCUT2D eigenvalue weighted by Gasteiger charge is -2.11. The Morgan fingerprint density at radius 3 is 2.69 bits per heavy atom. The molecule has 0 spiro atoms. The second kappa shape index (κ2) is 4.47. The Balaban J connectivity index is 2.94. The molecule has 1 heterocycles. The number of aromatic nitrogens is 1. The van der Waals surface area contributed by atoms with Gasteiger partial charge in [-0.2, -0.15) is 0 Å². The Bertz CT molecular complexity index is 545. The van der Waals surface area contributed by atoms with Gasteiger partial charge in [0.1, 0.15) is 17.0 Å². The summed E-state index contributed by atoms with van der Waals surface area (Å²) in [5, 5.41) is 1.33. The molecular weight excluding hydrogens is 293 g/mol. The Hall–Kier alpha value is -1.00. The number of nitrogens with zero attached hydrogens (tertiary/aromatic N) is 1. The van der Waals surface area contributed by atoms with Crippen molar-refractivity contribution in [3.05, 3.63) is 27.8 Å². The number of benzene rings is 1. The Morgan fingerprint density at radius 2 is 2.06 bits per heavy atom. The van der Waals surface area contributed by atoms with Crippen LogP contribution in [0.4, 0.5) is 0 Å². The smallest absolute Gasteiger partial charge is 0.146 e. The van der Waals surface area contributed by atoms with Gasteiger partial charge >= 0.3 is 0 Å². The van der Waals surface area contributed by atoms with Crippen molar-refractivity contribution in [2.45, 2.75) is 0 Å². The standard InChI is InChI=1S/C11H9BrClNO2/c1-15-8-5-6(12)11(16-2)9-7(13)3-4-14-10(8)9/h3-5H,1-2H3.